The lowest BCUT2D eigenvalue weighted by Crippen LogP contribution is -2.22. The van der Waals surface area contributed by atoms with E-state index in [9.17, 15) is 0 Å². The molecule has 3 atom stereocenters. The van der Waals surface area contributed by atoms with Gasteiger partial charge in [-0.2, -0.15) is 0 Å². The van der Waals surface area contributed by atoms with Crippen LogP contribution in [0.3, 0.4) is 0 Å². The zero-order valence-electron chi connectivity index (χ0n) is 12.3. The lowest BCUT2D eigenvalue weighted by Gasteiger charge is -2.23. The molecule has 1 aromatic carbocycles. The number of aryl methyl sites for hydroxylation is 1. The molecule has 3 nitrogen and oxygen atoms in total. The standard InChI is InChI=1S/C16H21ClN2O/c1-10-6-7-14-13(9-10)18-16(11(2)17)19(14)12(3)15-5-4-8-20-15/h6-7,9,11-12,15H,4-5,8H2,1-3H3. The van der Waals surface area contributed by atoms with Gasteiger partial charge in [-0.05, 0) is 51.3 Å². The number of hydrogen-bond donors (Lipinski definition) is 0. The van der Waals surface area contributed by atoms with Crippen LogP contribution in [0.1, 0.15) is 49.5 Å². The SMILES string of the molecule is Cc1ccc2c(c1)nc(C(C)Cl)n2C(C)C1CCCO1. The van der Waals surface area contributed by atoms with E-state index in [-0.39, 0.29) is 17.5 Å². The summed E-state index contributed by atoms with van der Waals surface area (Å²) in [6.07, 6.45) is 2.53. The molecule has 2 aromatic rings. The Morgan fingerprint density at radius 3 is 2.85 bits per heavy atom. The van der Waals surface area contributed by atoms with Crippen molar-refractivity contribution < 1.29 is 4.74 Å². The summed E-state index contributed by atoms with van der Waals surface area (Å²) in [5.74, 6) is 0.940. The smallest absolute Gasteiger partial charge is 0.128 e. The maximum absolute atomic E-state index is 6.35. The summed E-state index contributed by atoms with van der Waals surface area (Å²) in [5.41, 5.74) is 3.40. The molecular formula is C16H21ClN2O. The Kier molecular flexibility index (Phi) is 3.74. The number of benzene rings is 1. The maximum atomic E-state index is 6.35. The fourth-order valence-electron chi connectivity index (χ4n) is 3.09. The van der Waals surface area contributed by atoms with Crippen molar-refractivity contribution in [1.82, 2.24) is 9.55 Å². The molecule has 0 aliphatic carbocycles. The average molecular weight is 293 g/mol. The summed E-state index contributed by atoms with van der Waals surface area (Å²) in [7, 11) is 0. The van der Waals surface area contributed by atoms with E-state index < -0.39 is 0 Å². The van der Waals surface area contributed by atoms with Gasteiger partial charge < -0.3 is 9.30 Å². The molecule has 1 aromatic heterocycles. The zero-order chi connectivity index (χ0) is 14.3. The molecule has 1 fully saturated rings. The first-order valence-electron chi connectivity index (χ1n) is 7.32. The van der Waals surface area contributed by atoms with Gasteiger partial charge in [0.05, 0.1) is 28.6 Å². The monoisotopic (exact) mass is 292 g/mol. The first kappa shape index (κ1) is 13.9. The molecule has 3 unspecified atom stereocenters. The highest BCUT2D eigenvalue weighted by atomic mass is 35.5. The minimum Gasteiger partial charge on any atom is -0.376 e. The molecule has 1 aliphatic rings. The second-order valence-electron chi connectivity index (χ2n) is 5.74. The van der Waals surface area contributed by atoms with Crippen molar-refractivity contribution in [2.75, 3.05) is 6.61 Å². The van der Waals surface area contributed by atoms with Crippen molar-refractivity contribution >= 4 is 22.6 Å². The third-order valence-corrected chi connectivity index (χ3v) is 4.33. The molecule has 1 aliphatic heterocycles. The molecule has 4 heteroatoms. The van der Waals surface area contributed by atoms with Gasteiger partial charge in [0.1, 0.15) is 5.82 Å². The van der Waals surface area contributed by atoms with Gasteiger partial charge in [0.2, 0.25) is 0 Å². The van der Waals surface area contributed by atoms with Gasteiger partial charge in [-0.3, -0.25) is 0 Å². The molecule has 3 rings (SSSR count). The predicted octanol–water partition coefficient (Wildman–Crippen LogP) is 4.38. The average Bonchev–Trinajstić information content (AvgIpc) is 3.04. The third kappa shape index (κ3) is 2.33. The minimum absolute atomic E-state index is 0.105. The third-order valence-electron chi connectivity index (χ3n) is 4.14. The number of rotatable bonds is 3. The van der Waals surface area contributed by atoms with Crippen LogP contribution in [-0.4, -0.2) is 22.3 Å². The van der Waals surface area contributed by atoms with E-state index in [0.29, 0.717) is 0 Å². The second-order valence-corrected chi connectivity index (χ2v) is 6.39. The van der Waals surface area contributed by atoms with E-state index in [0.717, 1.165) is 36.3 Å². The van der Waals surface area contributed by atoms with E-state index in [4.69, 9.17) is 21.3 Å². The molecule has 0 radical (unpaired) electrons. The topological polar surface area (TPSA) is 27.1 Å². The number of alkyl halides is 1. The Balaban J connectivity index is 2.13. The number of halogens is 1. The lowest BCUT2D eigenvalue weighted by molar-refractivity contribution is 0.0736. The Bertz CT molecular complexity index is 614. The molecule has 0 spiro atoms. The molecule has 1 saturated heterocycles. The van der Waals surface area contributed by atoms with Crippen LogP contribution in [0.4, 0.5) is 0 Å². The van der Waals surface area contributed by atoms with Crippen molar-refractivity contribution in [2.24, 2.45) is 0 Å². The lowest BCUT2D eigenvalue weighted by atomic mass is 10.1. The summed E-state index contributed by atoms with van der Waals surface area (Å²) in [6, 6.07) is 6.66. The molecular weight excluding hydrogens is 272 g/mol. The Labute approximate surface area is 124 Å². The normalized spacial score (nSPS) is 22.3. The van der Waals surface area contributed by atoms with Crippen LogP contribution in [0, 0.1) is 6.92 Å². The Hall–Kier alpha value is -1.06. The molecule has 0 amide bonds. The molecule has 0 N–H and O–H groups in total. The fraction of sp³-hybridized carbons (Fsp3) is 0.562. The molecule has 20 heavy (non-hydrogen) atoms. The van der Waals surface area contributed by atoms with Crippen molar-refractivity contribution in [1.29, 1.82) is 0 Å². The number of nitrogens with zero attached hydrogens (tertiary/aromatic N) is 2. The van der Waals surface area contributed by atoms with Crippen molar-refractivity contribution in [2.45, 2.75) is 51.1 Å². The van der Waals surface area contributed by atoms with E-state index in [1.165, 1.54) is 5.56 Å². The summed E-state index contributed by atoms with van der Waals surface area (Å²) in [4.78, 5) is 4.74. The van der Waals surface area contributed by atoms with Gasteiger partial charge >= 0.3 is 0 Å². The first-order chi connectivity index (χ1) is 9.58. The van der Waals surface area contributed by atoms with E-state index in [1.807, 2.05) is 6.92 Å². The van der Waals surface area contributed by atoms with Crippen molar-refractivity contribution in [3.8, 4) is 0 Å². The van der Waals surface area contributed by atoms with Gasteiger partial charge in [-0.15, -0.1) is 11.6 Å². The summed E-state index contributed by atoms with van der Waals surface area (Å²) in [5, 5.41) is -0.105. The van der Waals surface area contributed by atoms with Gasteiger partial charge in [0.25, 0.3) is 0 Å². The van der Waals surface area contributed by atoms with Crippen molar-refractivity contribution in [3.63, 3.8) is 0 Å². The van der Waals surface area contributed by atoms with Crippen LogP contribution >= 0.6 is 11.6 Å². The molecule has 0 bridgehead atoms. The van der Waals surface area contributed by atoms with Crippen LogP contribution in [0.15, 0.2) is 18.2 Å². The zero-order valence-corrected chi connectivity index (χ0v) is 13.0. The van der Waals surface area contributed by atoms with Crippen LogP contribution in [0.5, 0.6) is 0 Å². The number of imidazole rings is 1. The Morgan fingerprint density at radius 1 is 1.40 bits per heavy atom. The molecule has 2 heterocycles. The number of ether oxygens (including phenoxy) is 1. The van der Waals surface area contributed by atoms with E-state index >= 15 is 0 Å². The fourth-order valence-corrected chi connectivity index (χ4v) is 3.24. The number of hydrogen-bond acceptors (Lipinski definition) is 2. The summed E-state index contributed by atoms with van der Waals surface area (Å²) >= 11 is 6.35. The second kappa shape index (κ2) is 5.38. The predicted molar refractivity (Wildman–Crippen MR) is 82.4 cm³/mol. The molecule has 108 valence electrons. The maximum Gasteiger partial charge on any atom is 0.128 e. The van der Waals surface area contributed by atoms with Gasteiger partial charge in [0, 0.05) is 6.61 Å². The highest BCUT2D eigenvalue weighted by Gasteiger charge is 2.28. The van der Waals surface area contributed by atoms with E-state index in [1.54, 1.807) is 0 Å². The largest absolute Gasteiger partial charge is 0.376 e. The highest BCUT2D eigenvalue weighted by Crippen LogP contribution is 2.33. The highest BCUT2D eigenvalue weighted by molar-refractivity contribution is 6.20. The van der Waals surface area contributed by atoms with Crippen LogP contribution in [-0.2, 0) is 4.74 Å². The molecule has 0 saturated carbocycles. The van der Waals surface area contributed by atoms with Crippen molar-refractivity contribution in [3.05, 3.63) is 29.6 Å². The van der Waals surface area contributed by atoms with Crippen LogP contribution in [0.2, 0.25) is 0 Å². The van der Waals surface area contributed by atoms with Gasteiger partial charge in [0.15, 0.2) is 0 Å². The van der Waals surface area contributed by atoms with Gasteiger partial charge in [-0.25, -0.2) is 4.98 Å². The first-order valence-corrected chi connectivity index (χ1v) is 7.75. The summed E-state index contributed by atoms with van der Waals surface area (Å²) < 4.78 is 8.12. The number of fused-ring (bicyclic) bond motifs is 1. The van der Waals surface area contributed by atoms with Gasteiger partial charge in [-0.1, -0.05) is 6.07 Å². The number of aromatic nitrogens is 2. The van der Waals surface area contributed by atoms with Crippen LogP contribution in [0.25, 0.3) is 11.0 Å². The van der Waals surface area contributed by atoms with E-state index in [2.05, 4.69) is 36.6 Å². The summed E-state index contributed by atoms with van der Waals surface area (Å²) in [6.45, 7) is 7.15. The quantitative estimate of drug-likeness (QED) is 0.785. The minimum atomic E-state index is -0.105. The van der Waals surface area contributed by atoms with Crippen LogP contribution < -0.4 is 0 Å². The Morgan fingerprint density at radius 2 is 2.20 bits per heavy atom.